The first-order valence-corrected chi connectivity index (χ1v) is 8.49. The van der Waals surface area contributed by atoms with Gasteiger partial charge in [0.25, 0.3) is 0 Å². The molecular weight excluding hydrogens is 305 g/mol. The third kappa shape index (κ3) is 3.28. The molecular formula is C16H16FNO3S. The number of halogens is 1. The fraction of sp³-hybridized carbons (Fsp3) is 0.250. The van der Waals surface area contributed by atoms with Crippen molar-refractivity contribution >= 4 is 10.0 Å². The maximum Gasteiger partial charge on any atom is 0.240 e. The Bertz CT molecular complexity index is 759. The molecule has 0 aliphatic carbocycles. The van der Waals surface area contributed by atoms with E-state index in [1.54, 1.807) is 0 Å². The van der Waals surface area contributed by atoms with Gasteiger partial charge in [0, 0.05) is 12.5 Å². The van der Waals surface area contributed by atoms with Gasteiger partial charge in [-0.15, -0.1) is 0 Å². The van der Waals surface area contributed by atoms with Crippen LogP contribution in [0.15, 0.2) is 53.4 Å². The van der Waals surface area contributed by atoms with E-state index in [1.165, 1.54) is 12.1 Å². The number of rotatable bonds is 4. The Hall–Kier alpha value is -1.92. The van der Waals surface area contributed by atoms with Crippen LogP contribution in [0.2, 0.25) is 0 Å². The van der Waals surface area contributed by atoms with E-state index >= 15 is 0 Å². The predicted octanol–water partition coefficient (Wildman–Crippen LogP) is 2.36. The summed E-state index contributed by atoms with van der Waals surface area (Å²) in [5.74, 6) is 0.474. The number of benzene rings is 2. The lowest BCUT2D eigenvalue weighted by Gasteiger charge is -2.25. The van der Waals surface area contributed by atoms with Crippen molar-refractivity contribution in [2.45, 2.75) is 11.3 Å². The van der Waals surface area contributed by atoms with Crippen LogP contribution in [-0.4, -0.2) is 21.6 Å². The van der Waals surface area contributed by atoms with E-state index in [0.29, 0.717) is 6.61 Å². The minimum Gasteiger partial charge on any atom is -0.493 e. The van der Waals surface area contributed by atoms with Crippen LogP contribution in [-0.2, 0) is 16.4 Å². The minimum atomic E-state index is -3.63. The molecule has 1 aliphatic rings. The fourth-order valence-electron chi connectivity index (χ4n) is 2.45. The molecule has 2 aromatic carbocycles. The summed E-state index contributed by atoms with van der Waals surface area (Å²) >= 11 is 0. The molecule has 1 aliphatic heterocycles. The van der Waals surface area contributed by atoms with Crippen LogP contribution in [0.4, 0.5) is 4.39 Å². The average molecular weight is 321 g/mol. The standard InChI is InChI=1S/C16H16FNO3S/c17-14-5-7-15(8-6-14)22(19,20)18-10-12-9-13-3-1-2-4-16(13)21-11-12/h1-8,12,18H,9-11H2. The third-order valence-corrected chi connectivity index (χ3v) is 5.08. The normalized spacial score (nSPS) is 17.6. The van der Waals surface area contributed by atoms with Crippen LogP contribution < -0.4 is 9.46 Å². The fourth-order valence-corrected chi connectivity index (χ4v) is 3.56. The summed E-state index contributed by atoms with van der Waals surface area (Å²) in [6, 6.07) is 12.5. The van der Waals surface area contributed by atoms with Gasteiger partial charge in [-0.05, 0) is 42.3 Å². The summed E-state index contributed by atoms with van der Waals surface area (Å²) in [6.07, 6.45) is 0.766. The minimum absolute atomic E-state index is 0.0611. The Kier molecular flexibility index (Phi) is 4.13. The highest BCUT2D eigenvalue weighted by Crippen LogP contribution is 2.26. The Morgan fingerprint density at radius 1 is 1.14 bits per heavy atom. The van der Waals surface area contributed by atoms with Gasteiger partial charge < -0.3 is 4.74 Å². The van der Waals surface area contributed by atoms with Crippen molar-refractivity contribution in [1.82, 2.24) is 4.72 Å². The van der Waals surface area contributed by atoms with Crippen molar-refractivity contribution < 1.29 is 17.5 Å². The number of hydrogen-bond acceptors (Lipinski definition) is 3. The number of ether oxygens (including phenoxy) is 1. The van der Waals surface area contributed by atoms with Crippen LogP contribution >= 0.6 is 0 Å². The summed E-state index contributed by atoms with van der Waals surface area (Å²) in [6.45, 7) is 0.761. The van der Waals surface area contributed by atoms with Crippen molar-refractivity contribution in [3.8, 4) is 5.75 Å². The monoisotopic (exact) mass is 321 g/mol. The summed E-state index contributed by atoms with van der Waals surface area (Å²) in [5.41, 5.74) is 1.08. The zero-order valence-corrected chi connectivity index (χ0v) is 12.6. The SMILES string of the molecule is O=S(=O)(NCC1COc2ccccc2C1)c1ccc(F)cc1. The van der Waals surface area contributed by atoms with E-state index in [4.69, 9.17) is 4.74 Å². The van der Waals surface area contributed by atoms with Gasteiger partial charge in [0.15, 0.2) is 0 Å². The van der Waals surface area contributed by atoms with Crippen LogP contribution in [0, 0.1) is 11.7 Å². The lowest BCUT2D eigenvalue weighted by molar-refractivity contribution is 0.223. The van der Waals surface area contributed by atoms with Crippen molar-refractivity contribution in [3.63, 3.8) is 0 Å². The summed E-state index contributed by atoms with van der Waals surface area (Å²) < 4.78 is 45.4. The summed E-state index contributed by atoms with van der Waals surface area (Å²) in [7, 11) is -3.63. The molecule has 1 N–H and O–H groups in total. The van der Waals surface area contributed by atoms with Gasteiger partial charge in [0.1, 0.15) is 11.6 Å². The molecule has 1 unspecified atom stereocenters. The maximum atomic E-state index is 12.9. The topological polar surface area (TPSA) is 55.4 Å². The van der Waals surface area contributed by atoms with E-state index in [0.717, 1.165) is 29.9 Å². The molecule has 2 aromatic rings. The quantitative estimate of drug-likeness (QED) is 0.940. The average Bonchev–Trinajstić information content (AvgIpc) is 2.53. The largest absolute Gasteiger partial charge is 0.493 e. The van der Waals surface area contributed by atoms with Gasteiger partial charge in [0.05, 0.1) is 11.5 Å². The van der Waals surface area contributed by atoms with Gasteiger partial charge in [-0.1, -0.05) is 18.2 Å². The Labute approximate surface area is 129 Å². The highest BCUT2D eigenvalue weighted by atomic mass is 32.2. The van der Waals surface area contributed by atoms with Crippen LogP contribution in [0.5, 0.6) is 5.75 Å². The van der Waals surface area contributed by atoms with Crippen LogP contribution in [0.1, 0.15) is 5.56 Å². The second kappa shape index (κ2) is 6.06. The van der Waals surface area contributed by atoms with E-state index in [2.05, 4.69) is 4.72 Å². The number of para-hydroxylation sites is 1. The molecule has 0 spiro atoms. The van der Waals surface area contributed by atoms with Gasteiger partial charge >= 0.3 is 0 Å². The Morgan fingerprint density at radius 3 is 2.64 bits per heavy atom. The third-order valence-electron chi connectivity index (χ3n) is 3.64. The first-order chi connectivity index (χ1) is 10.5. The van der Waals surface area contributed by atoms with E-state index in [1.807, 2.05) is 24.3 Å². The number of nitrogens with one attached hydrogen (secondary N) is 1. The van der Waals surface area contributed by atoms with E-state index < -0.39 is 15.8 Å². The van der Waals surface area contributed by atoms with E-state index in [-0.39, 0.29) is 17.4 Å². The molecule has 0 saturated carbocycles. The molecule has 0 fully saturated rings. The smallest absolute Gasteiger partial charge is 0.240 e. The Morgan fingerprint density at radius 2 is 1.86 bits per heavy atom. The molecule has 0 aromatic heterocycles. The lowest BCUT2D eigenvalue weighted by atomic mass is 9.97. The molecule has 0 amide bonds. The maximum absolute atomic E-state index is 12.9. The van der Waals surface area contributed by atoms with Gasteiger partial charge in [0.2, 0.25) is 10.0 Å². The molecule has 6 heteroatoms. The molecule has 4 nitrogen and oxygen atoms in total. The van der Waals surface area contributed by atoms with Crippen molar-refractivity contribution in [2.75, 3.05) is 13.2 Å². The lowest BCUT2D eigenvalue weighted by Crippen LogP contribution is -2.34. The summed E-state index contributed by atoms with van der Waals surface area (Å²) in [5, 5.41) is 0. The molecule has 0 radical (unpaired) electrons. The number of fused-ring (bicyclic) bond motifs is 1. The van der Waals surface area contributed by atoms with Crippen molar-refractivity contribution in [1.29, 1.82) is 0 Å². The molecule has 1 heterocycles. The van der Waals surface area contributed by atoms with E-state index in [9.17, 15) is 12.8 Å². The number of sulfonamides is 1. The van der Waals surface area contributed by atoms with Gasteiger partial charge in [-0.25, -0.2) is 17.5 Å². The van der Waals surface area contributed by atoms with Crippen LogP contribution in [0.3, 0.4) is 0 Å². The predicted molar refractivity (Wildman–Crippen MR) is 80.7 cm³/mol. The highest BCUT2D eigenvalue weighted by molar-refractivity contribution is 7.89. The first-order valence-electron chi connectivity index (χ1n) is 7.00. The zero-order chi connectivity index (χ0) is 15.6. The van der Waals surface area contributed by atoms with Crippen molar-refractivity contribution in [3.05, 3.63) is 59.9 Å². The summed E-state index contributed by atoms with van der Waals surface area (Å²) in [4.78, 5) is 0.0611. The second-order valence-corrected chi connectivity index (χ2v) is 7.06. The van der Waals surface area contributed by atoms with Crippen LogP contribution in [0.25, 0.3) is 0 Å². The number of hydrogen-bond donors (Lipinski definition) is 1. The second-order valence-electron chi connectivity index (χ2n) is 5.29. The zero-order valence-electron chi connectivity index (χ0n) is 11.8. The molecule has 1 atom stereocenters. The van der Waals surface area contributed by atoms with Crippen molar-refractivity contribution in [2.24, 2.45) is 5.92 Å². The van der Waals surface area contributed by atoms with Gasteiger partial charge in [-0.2, -0.15) is 0 Å². The first kappa shape index (κ1) is 15.0. The molecule has 0 bridgehead atoms. The molecule has 3 rings (SSSR count). The Balaban J connectivity index is 1.64. The highest BCUT2D eigenvalue weighted by Gasteiger charge is 2.22. The van der Waals surface area contributed by atoms with Gasteiger partial charge in [-0.3, -0.25) is 0 Å². The molecule has 22 heavy (non-hydrogen) atoms. The molecule has 116 valence electrons. The molecule has 0 saturated heterocycles.